The summed E-state index contributed by atoms with van der Waals surface area (Å²) < 4.78 is 1.42. The molecule has 8 heteroatoms. The lowest BCUT2D eigenvalue weighted by Crippen LogP contribution is -2.24. The van der Waals surface area contributed by atoms with E-state index >= 15 is 0 Å². The van der Waals surface area contributed by atoms with Crippen molar-refractivity contribution in [2.75, 3.05) is 12.3 Å². The minimum absolute atomic E-state index is 0.148. The Hall–Kier alpha value is -3.71. The normalized spacial score (nSPS) is 11.3. The average Bonchev–Trinajstić information content (AvgIpc) is 2.99. The fourth-order valence-electron chi connectivity index (χ4n) is 2.95. The summed E-state index contributed by atoms with van der Waals surface area (Å²) in [5.74, 6) is -0.219. The molecule has 2 aromatic heterocycles. The van der Waals surface area contributed by atoms with Gasteiger partial charge in [-0.3, -0.25) is 4.79 Å². The third-order valence-corrected chi connectivity index (χ3v) is 4.51. The van der Waals surface area contributed by atoms with Gasteiger partial charge in [0.2, 0.25) is 0 Å². The van der Waals surface area contributed by atoms with E-state index in [1.807, 2.05) is 36.4 Å². The summed E-state index contributed by atoms with van der Waals surface area (Å²) in [4.78, 5) is 22.0. The molecule has 0 aliphatic carbocycles. The lowest BCUT2D eigenvalue weighted by Gasteiger charge is -2.02. The maximum atomic E-state index is 12.7. The summed E-state index contributed by atoms with van der Waals surface area (Å²) in [7, 11) is 0. The molecule has 7 nitrogen and oxygen atoms in total. The van der Waals surface area contributed by atoms with Crippen LogP contribution in [-0.4, -0.2) is 33.3 Å². The Labute approximate surface area is 171 Å². The maximum Gasteiger partial charge on any atom is 0.257 e. The van der Waals surface area contributed by atoms with Gasteiger partial charge in [0.15, 0.2) is 5.65 Å². The summed E-state index contributed by atoms with van der Waals surface area (Å²) in [6.07, 6.45) is 3.19. The van der Waals surface area contributed by atoms with Gasteiger partial charge in [0.05, 0.1) is 17.2 Å². The van der Waals surface area contributed by atoms with Gasteiger partial charge in [0, 0.05) is 11.6 Å². The first-order valence-electron chi connectivity index (χ1n) is 8.84. The van der Waals surface area contributed by atoms with Gasteiger partial charge in [-0.1, -0.05) is 41.9 Å². The molecule has 144 valence electrons. The summed E-state index contributed by atoms with van der Waals surface area (Å²) in [5, 5.41) is 7.77. The number of fused-ring (bicyclic) bond motifs is 2. The first-order valence-corrected chi connectivity index (χ1v) is 9.22. The predicted molar refractivity (Wildman–Crippen MR) is 116 cm³/mol. The molecule has 0 bridgehead atoms. The predicted octanol–water partition coefficient (Wildman–Crippen LogP) is 3.62. The van der Waals surface area contributed by atoms with Gasteiger partial charge >= 0.3 is 0 Å². The number of nitrogens with one attached hydrogen (secondary N) is 1. The quantitative estimate of drug-likeness (QED) is 0.392. The molecule has 0 saturated heterocycles. The van der Waals surface area contributed by atoms with E-state index in [2.05, 4.69) is 27.0 Å². The van der Waals surface area contributed by atoms with Crippen molar-refractivity contribution in [1.82, 2.24) is 20.0 Å². The van der Waals surface area contributed by atoms with Crippen LogP contribution in [0.4, 0.5) is 5.82 Å². The highest BCUT2D eigenvalue weighted by Crippen LogP contribution is 2.27. The number of hydrogen-bond donors (Lipinski definition) is 2. The van der Waals surface area contributed by atoms with Crippen molar-refractivity contribution in [3.63, 3.8) is 0 Å². The molecule has 29 heavy (non-hydrogen) atoms. The second-order valence-corrected chi connectivity index (χ2v) is 6.69. The van der Waals surface area contributed by atoms with Gasteiger partial charge in [-0.15, -0.1) is 6.58 Å². The number of carbonyl (C=O) groups is 1. The minimum atomic E-state index is -0.367. The molecule has 2 heterocycles. The van der Waals surface area contributed by atoms with Gasteiger partial charge in [-0.2, -0.15) is 9.78 Å². The molecule has 0 saturated carbocycles. The van der Waals surface area contributed by atoms with E-state index < -0.39 is 0 Å². The van der Waals surface area contributed by atoms with Crippen LogP contribution in [0.15, 0.2) is 66.3 Å². The molecule has 2 aromatic carbocycles. The highest BCUT2D eigenvalue weighted by molar-refractivity contribution is 6.30. The number of anilines is 1. The number of amides is 1. The molecule has 0 aliphatic heterocycles. The fourth-order valence-corrected chi connectivity index (χ4v) is 3.15. The maximum absolute atomic E-state index is 12.7. The number of para-hydroxylation sites is 2. The van der Waals surface area contributed by atoms with Gasteiger partial charge < -0.3 is 11.1 Å². The molecule has 3 N–H and O–H groups in total. The van der Waals surface area contributed by atoms with E-state index in [9.17, 15) is 4.79 Å². The van der Waals surface area contributed by atoms with Gasteiger partial charge in [-0.05, 0) is 29.8 Å². The second-order valence-electron chi connectivity index (χ2n) is 6.25. The Morgan fingerprint density at radius 1 is 1.21 bits per heavy atom. The average molecular weight is 405 g/mol. The van der Waals surface area contributed by atoms with Crippen LogP contribution in [0.1, 0.15) is 15.9 Å². The summed E-state index contributed by atoms with van der Waals surface area (Å²) >= 11 is 6.04. The highest BCUT2D eigenvalue weighted by Gasteiger charge is 2.23. The standard InChI is InChI=1S/C21H17ClN6O/c1-2-10-24-21(29)17-18-20(27-16-9-4-3-8-15(16)26-18)28(19(17)23)25-12-13-6-5-7-14(22)11-13/h2-9,11-12H,1,10,23H2,(H,24,29)/b25-12-. The monoisotopic (exact) mass is 404 g/mol. The van der Waals surface area contributed by atoms with E-state index in [4.69, 9.17) is 17.3 Å². The van der Waals surface area contributed by atoms with Crippen LogP contribution in [0.3, 0.4) is 0 Å². The number of aromatic nitrogens is 3. The Morgan fingerprint density at radius 3 is 2.69 bits per heavy atom. The fraction of sp³-hybridized carbons (Fsp3) is 0.0476. The first-order chi connectivity index (χ1) is 14.1. The van der Waals surface area contributed by atoms with Gasteiger partial charge in [0.1, 0.15) is 16.9 Å². The number of benzene rings is 2. The molecule has 0 fully saturated rings. The van der Waals surface area contributed by atoms with Crippen LogP contribution in [0.2, 0.25) is 5.02 Å². The number of rotatable bonds is 5. The van der Waals surface area contributed by atoms with Crippen molar-refractivity contribution >= 4 is 51.7 Å². The third-order valence-electron chi connectivity index (χ3n) is 4.28. The molecular formula is C21H17ClN6O. The Balaban J connectivity index is 1.92. The largest absolute Gasteiger partial charge is 0.383 e. The van der Waals surface area contributed by atoms with Gasteiger partial charge in [0.25, 0.3) is 5.91 Å². The second kappa shape index (κ2) is 7.73. The molecule has 4 rings (SSSR count). The number of hydrogen-bond acceptors (Lipinski definition) is 5. The van der Waals surface area contributed by atoms with E-state index in [-0.39, 0.29) is 17.3 Å². The Morgan fingerprint density at radius 2 is 1.97 bits per heavy atom. The molecule has 0 atom stereocenters. The number of carbonyl (C=O) groups excluding carboxylic acids is 1. The van der Waals surface area contributed by atoms with Crippen molar-refractivity contribution in [3.8, 4) is 0 Å². The van der Waals surface area contributed by atoms with Crippen LogP contribution >= 0.6 is 11.6 Å². The molecule has 0 aliphatic rings. The van der Waals surface area contributed by atoms with E-state index in [1.165, 1.54) is 4.68 Å². The lowest BCUT2D eigenvalue weighted by atomic mass is 10.2. The van der Waals surface area contributed by atoms with Crippen LogP contribution in [0.5, 0.6) is 0 Å². The van der Waals surface area contributed by atoms with Crippen molar-refractivity contribution in [1.29, 1.82) is 0 Å². The van der Waals surface area contributed by atoms with Crippen molar-refractivity contribution in [2.24, 2.45) is 5.10 Å². The third kappa shape index (κ3) is 3.55. The SMILES string of the molecule is C=CCNC(=O)c1c(N)n(/N=C\c2cccc(Cl)c2)c2nc3ccccc3nc12. The Bertz CT molecular complexity index is 1280. The molecule has 0 radical (unpaired) electrons. The number of halogens is 1. The molecule has 1 amide bonds. The number of nitrogens with zero attached hydrogens (tertiary/aromatic N) is 4. The summed E-state index contributed by atoms with van der Waals surface area (Å²) in [6.45, 7) is 3.92. The van der Waals surface area contributed by atoms with Crippen molar-refractivity contribution in [3.05, 3.63) is 77.3 Å². The van der Waals surface area contributed by atoms with E-state index in [0.717, 1.165) is 5.56 Å². The first kappa shape index (κ1) is 18.6. The zero-order valence-electron chi connectivity index (χ0n) is 15.3. The number of nitrogens with two attached hydrogens (primary N) is 1. The zero-order valence-corrected chi connectivity index (χ0v) is 16.1. The van der Waals surface area contributed by atoms with Crippen molar-refractivity contribution < 1.29 is 4.79 Å². The molecule has 4 aromatic rings. The zero-order chi connectivity index (χ0) is 20.4. The van der Waals surface area contributed by atoms with E-state index in [1.54, 1.807) is 24.4 Å². The summed E-state index contributed by atoms with van der Waals surface area (Å²) in [6, 6.07) is 14.6. The smallest absolute Gasteiger partial charge is 0.257 e. The van der Waals surface area contributed by atoms with Gasteiger partial charge in [-0.25, -0.2) is 9.97 Å². The summed E-state index contributed by atoms with van der Waals surface area (Å²) in [5.41, 5.74) is 9.42. The molecular weight excluding hydrogens is 388 g/mol. The lowest BCUT2D eigenvalue weighted by molar-refractivity contribution is 0.0960. The van der Waals surface area contributed by atoms with Crippen LogP contribution in [-0.2, 0) is 0 Å². The van der Waals surface area contributed by atoms with Crippen LogP contribution in [0.25, 0.3) is 22.2 Å². The number of nitrogen functional groups attached to an aromatic ring is 1. The molecule has 0 unspecified atom stereocenters. The molecule has 0 spiro atoms. The Kier molecular flexibility index (Phi) is 4.97. The van der Waals surface area contributed by atoms with Crippen molar-refractivity contribution in [2.45, 2.75) is 0 Å². The topological polar surface area (TPSA) is 98.2 Å². The van der Waals surface area contributed by atoms with Crippen LogP contribution < -0.4 is 11.1 Å². The van der Waals surface area contributed by atoms with E-state index in [0.29, 0.717) is 33.8 Å². The minimum Gasteiger partial charge on any atom is -0.383 e. The van der Waals surface area contributed by atoms with Crippen LogP contribution in [0, 0.1) is 0 Å². The highest BCUT2D eigenvalue weighted by atomic mass is 35.5.